The molecule has 1 amide bonds. The molecule has 3 rings (SSSR count). The number of hydroxylamine groups is 1. The maximum absolute atomic E-state index is 12.9. The van der Waals surface area contributed by atoms with E-state index in [0.29, 0.717) is 12.1 Å². The third kappa shape index (κ3) is 7.50. The van der Waals surface area contributed by atoms with Crippen LogP contribution < -0.4 is 5.48 Å². The van der Waals surface area contributed by atoms with Crippen molar-refractivity contribution in [1.29, 1.82) is 0 Å². The van der Waals surface area contributed by atoms with Crippen LogP contribution in [-0.2, 0) is 14.4 Å². The van der Waals surface area contributed by atoms with Crippen LogP contribution in [0.2, 0.25) is 5.02 Å². The molecule has 0 bridgehead atoms. The fourth-order valence-electron chi connectivity index (χ4n) is 3.96. The van der Waals surface area contributed by atoms with E-state index in [0.717, 1.165) is 44.8 Å². The summed E-state index contributed by atoms with van der Waals surface area (Å²) in [6.45, 7) is 5.09. The molecule has 2 atom stereocenters. The Kier molecular flexibility index (Phi) is 9.63. The average Bonchev–Trinajstić information content (AvgIpc) is 2.82. The van der Waals surface area contributed by atoms with E-state index in [-0.39, 0.29) is 40.3 Å². The van der Waals surface area contributed by atoms with Gasteiger partial charge in [0.25, 0.3) is 5.91 Å². The van der Waals surface area contributed by atoms with Crippen molar-refractivity contribution in [2.24, 2.45) is 5.92 Å². The standard InChI is InChI=1S/C26H33ClN2O6/c1-17-8-6-10-18(2)35-26(33)24-20(25(27)22(31)15-21(24)30)14-19(11-7-9-17)28-34-16-23(32)29-12-4-3-5-13-29/h6-8,11,14-15,17-18,28,30-31H,3-5,9-10,12-13,16H2,1-2H3/b8-6?,11-7?,19-14-/t17?,18-/m1/s1. The Morgan fingerprint density at radius 1 is 1.17 bits per heavy atom. The Morgan fingerprint density at radius 3 is 2.66 bits per heavy atom. The van der Waals surface area contributed by atoms with Crippen LogP contribution in [0.1, 0.15) is 61.9 Å². The van der Waals surface area contributed by atoms with Crippen LogP contribution in [-0.4, -0.2) is 52.8 Å². The van der Waals surface area contributed by atoms with Gasteiger partial charge in [0.05, 0.1) is 10.7 Å². The lowest BCUT2D eigenvalue weighted by Gasteiger charge is -2.26. The first kappa shape index (κ1) is 26.6. The smallest absolute Gasteiger partial charge is 0.342 e. The quantitative estimate of drug-likeness (QED) is 0.309. The number of carbonyl (C=O) groups excluding carboxylic acids is 2. The molecule has 3 N–H and O–H groups in total. The van der Waals surface area contributed by atoms with Gasteiger partial charge in [-0.15, -0.1) is 0 Å². The number of phenols is 2. The van der Waals surface area contributed by atoms with E-state index in [9.17, 15) is 19.8 Å². The molecule has 2 heterocycles. The summed E-state index contributed by atoms with van der Waals surface area (Å²) in [7, 11) is 0. The van der Waals surface area contributed by atoms with Crippen molar-refractivity contribution >= 4 is 29.6 Å². The SMILES string of the molecule is CC1C=CC[C@@H](C)OC(=O)c2c(O)cc(O)c(Cl)c2/C=C(\NOCC(=O)N2CCCCC2)C=CC1. The molecule has 1 aromatic carbocycles. The van der Waals surface area contributed by atoms with Gasteiger partial charge >= 0.3 is 5.97 Å². The van der Waals surface area contributed by atoms with E-state index in [2.05, 4.69) is 12.4 Å². The first-order valence-electron chi connectivity index (χ1n) is 11.9. The van der Waals surface area contributed by atoms with Crippen molar-refractivity contribution in [3.8, 4) is 11.5 Å². The highest BCUT2D eigenvalue weighted by molar-refractivity contribution is 6.34. The molecule has 0 radical (unpaired) electrons. The van der Waals surface area contributed by atoms with Crippen LogP contribution in [0.25, 0.3) is 6.08 Å². The van der Waals surface area contributed by atoms with Crippen LogP contribution in [0.15, 0.2) is 36.1 Å². The van der Waals surface area contributed by atoms with Gasteiger partial charge in [-0.3, -0.25) is 15.1 Å². The number of phenolic OH excluding ortho intramolecular Hbond substituents is 2. The van der Waals surface area contributed by atoms with Gasteiger partial charge in [0, 0.05) is 31.1 Å². The number of cyclic esters (lactones) is 1. The second-order valence-corrected chi connectivity index (χ2v) is 9.32. The first-order valence-corrected chi connectivity index (χ1v) is 12.3. The van der Waals surface area contributed by atoms with Gasteiger partial charge in [0.15, 0.2) is 6.61 Å². The van der Waals surface area contributed by atoms with Crippen LogP contribution in [0.4, 0.5) is 0 Å². The second-order valence-electron chi connectivity index (χ2n) is 8.94. The Hall–Kier alpha value is -2.97. The first-order chi connectivity index (χ1) is 16.8. The van der Waals surface area contributed by atoms with Crippen LogP contribution in [0.3, 0.4) is 0 Å². The fraction of sp³-hybridized carbons (Fsp3) is 0.462. The van der Waals surface area contributed by atoms with Crippen molar-refractivity contribution in [1.82, 2.24) is 10.4 Å². The number of ether oxygens (including phenoxy) is 1. The molecular weight excluding hydrogens is 472 g/mol. The minimum Gasteiger partial charge on any atom is -0.507 e. The summed E-state index contributed by atoms with van der Waals surface area (Å²) >= 11 is 6.33. The lowest BCUT2D eigenvalue weighted by Crippen LogP contribution is -2.39. The minimum atomic E-state index is -0.772. The third-order valence-electron chi connectivity index (χ3n) is 5.90. The summed E-state index contributed by atoms with van der Waals surface area (Å²) in [4.78, 5) is 32.6. The van der Waals surface area contributed by atoms with E-state index in [1.54, 1.807) is 17.9 Å². The van der Waals surface area contributed by atoms with Crippen molar-refractivity contribution in [2.75, 3.05) is 19.7 Å². The molecule has 190 valence electrons. The summed E-state index contributed by atoms with van der Waals surface area (Å²) in [5.41, 5.74) is 3.02. The highest BCUT2D eigenvalue weighted by atomic mass is 35.5. The second kappa shape index (κ2) is 12.7. The maximum Gasteiger partial charge on any atom is 0.342 e. The summed E-state index contributed by atoms with van der Waals surface area (Å²) < 4.78 is 5.51. The van der Waals surface area contributed by atoms with Crippen molar-refractivity contribution in [3.05, 3.63) is 52.2 Å². The number of benzene rings is 1. The summed E-state index contributed by atoms with van der Waals surface area (Å²) in [6.07, 6.45) is 13.0. The minimum absolute atomic E-state index is 0.0696. The van der Waals surface area contributed by atoms with Crippen LogP contribution >= 0.6 is 11.6 Å². The van der Waals surface area contributed by atoms with E-state index in [1.165, 1.54) is 6.08 Å². The fourth-order valence-corrected chi connectivity index (χ4v) is 4.17. The van der Waals surface area contributed by atoms with E-state index in [4.69, 9.17) is 21.2 Å². The number of fused-ring (bicyclic) bond motifs is 1. The number of piperidine rings is 1. The largest absolute Gasteiger partial charge is 0.507 e. The molecule has 0 saturated carbocycles. The lowest BCUT2D eigenvalue weighted by atomic mass is 10.0. The monoisotopic (exact) mass is 504 g/mol. The predicted octanol–water partition coefficient (Wildman–Crippen LogP) is 4.71. The van der Waals surface area contributed by atoms with Gasteiger partial charge in [-0.1, -0.05) is 36.8 Å². The number of amides is 1. The van der Waals surface area contributed by atoms with Gasteiger partial charge < -0.3 is 19.8 Å². The molecule has 0 aliphatic carbocycles. The Balaban J connectivity index is 1.91. The number of nitrogens with zero attached hydrogens (tertiary/aromatic N) is 1. The number of likely N-dealkylation sites (tertiary alicyclic amines) is 1. The van der Waals surface area contributed by atoms with Gasteiger partial charge in [0.2, 0.25) is 0 Å². The number of aromatic hydroxyl groups is 2. The molecule has 9 heteroatoms. The zero-order chi connectivity index (χ0) is 25.4. The Morgan fingerprint density at radius 2 is 1.91 bits per heavy atom. The zero-order valence-corrected chi connectivity index (χ0v) is 20.9. The molecule has 0 spiro atoms. The topological polar surface area (TPSA) is 108 Å². The van der Waals surface area contributed by atoms with Crippen molar-refractivity contribution in [2.45, 2.75) is 52.1 Å². The molecular formula is C26H33ClN2O6. The van der Waals surface area contributed by atoms with Gasteiger partial charge in [-0.25, -0.2) is 4.79 Å². The van der Waals surface area contributed by atoms with Gasteiger partial charge in [0.1, 0.15) is 23.2 Å². The van der Waals surface area contributed by atoms with Crippen LogP contribution in [0, 0.1) is 5.92 Å². The van der Waals surface area contributed by atoms with Gasteiger partial charge in [-0.05, 0) is 50.7 Å². The number of rotatable bonds is 4. The molecule has 35 heavy (non-hydrogen) atoms. The van der Waals surface area contributed by atoms with E-state index in [1.807, 2.05) is 18.2 Å². The number of allylic oxidation sites excluding steroid dienone is 3. The summed E-state index contributed by atoms with van der Waals surface area (Å²) in [5, 5.41) is 20.5. The Bertz CT molecular complexity index is 1010. The van der Waals surface area contributed by atoms with Crippen LogP contribution in [0.5, 0.6) is 11.5 Å². The number of carbonyl (C=O) groups is 2. The van der Waals surface area contributed by atoms with Gasteiger partial charge in [-0.2, -0.15) is 0 Å². The Labute approximate surface area is 210 Å². The number of halogens is 1. The number of hydrogen-bond donors (Lipinski definition) is 3. The normalized spacial score (nSPS) is 23.0. The molecule has 1 aromatic rings. The van der Waals surface area contributed by atoms with E-state index >= 15 is 0 Å². The molecule has 1 unspecified atom stereocenters. The van der Waals surface area contributed by atoms with Crippen molar-refractivity contribution in [3.63, 3.8) is 0 Å². The molecule has 0 aromatic heterocycles. The number of nitrogens with one attached hydrogen (secondary N) is 1. The molecule has 8 nitrogen and oxygen atoms in total. The maximum atomic E-state index is 12.9. The predicted molar refractivity (Wildman–Crippen MR) is 134 cm³/mol. The average molecular weight is 505 g/mol. The number of esters is 1. The van der Waals surface area contributed by atoms with E-state index < -0.39 is 17.8 Å². The number of hydrogen-bond acceptors (Lipinski definition) is 7. The highest BCUT2D eigenvalue weighted by Gasteiger charge is 2.24. The summed E-state index contributed by atoms with van der Waals surface area (Å²) in [5.74, 6) is -1.50. The molecule has 1 saturated heterocycles. The summed E-state index contributed by atoms with van der Waals surface area (Å²) in [6, 6.07) is 1.00. The van der Waals surface area contributed by atoms with Crippen molar-refractivity contribution < 1.29 is 29.4 Å². The zero-order valence-electron chi connectivity index (χ0n) is 20.1. The molecule has 1 fully saturated rings. The molecule has 2 aliphatic heterocycles. The molecule has 2 aliphatic rings. The third-order valence-corrected chi connectivity index (χ3v) is 6.30. The lowest BCUT2D eigenvalue weighted by molar-refractivity contribution is -0.139. The highest BCUT2D eigenvalue weighted by Crippen LogP contribution is 2.38.